The number of unbranched alkanes of at least 4 members (excludes halogenated alkanes) is 1. The molecule has 0 aromatic carbocycles. The lowest BCUT2D eigenvalue weighted by Gasteiger charge is -2.45. The van der Waals surface area contributed by atoms with Gasteiger partial charge in [-0.3, -0.25) is 4.90 Å². The van der Waals surface area contributed by atoms with Crippen molar-refractivity contribution in [1.29, 1.82) is 0 Å². The highest BCUT2D eigenvalue weighted by Gasteiger charge is 2.36. The summed E-state index contributed by atoms with van der Waals surface area (Å²) < 4.78 is 5.62. The Morgan fingerprint density at radius 2 is 2.20 bits per heavy atom. The van der Waals surface area contributed by atoms with E-state index in [-0.39, 0.29) is 5.54 Å². The Morgan fingerprint density at radius 1 is 1.40 bits per heavy atom. The minimum Gasteiger partial charge on any atom is -0.379 e. The van der Waals surface area contributed by atoms with Gasteiger partial charge in [0.15, 0.2) is 0 Å². The van der Waals surface area contributed by atoms with E-state index in [0.29, 0.717) is 0 Å². The van der Waals surface area contributed by atoms with Crippen LogP contribution in [0.4, 0.5) is 0 Å². The molecular formula is C12H26N2O. The quantitative estimate of drug-likeness (QED) is 0.730. The van der Waals surface area contributed by atoms with Crippen molar-refractivity contribution in [2.24, 2.45) is 5.73 Å². The molecule has 1 unspecified atom stereocenters. The number of ether oxygens (including phenoxy) is 1. The van der Waals surface area contributed by atoms with E-state index < -0.39 is 0 Å². The minimum absolute atomic E-state index is 0.127. The van der Waals surface area contributed by atoms with E-state index in [0.717, 1.165) is 39.3 Å². The van der Waals surface area contributed by atoms with Crippen molar-refractivity contribution in [3.05, 3.63) is 0 Å². The summed E-state index contributed by atoms with van der Waals surface area (Å²) in [6.07, 6.45) is 4.86. The zero-order chi connectivity index (χ0) is 11.1. The molecule has 0 saturated carbocycles. The highest BCUT2D eigenvalue weighted by Crippen LogP contribution is 2.25. The molecule has 0 spiro atoms. The average Bonchev–Trinajstić information content (AvgIpc) is 2.31. The summed E-state index contributed by atoms with van der Waals surface area (Å²) in [6.45, 7) is 9.16. The van der Waals surface area contributed by atoms with Gasteiger partial charge in [-0.15, -0.1) is 0 Å². The van der Waals surface area contributed by atoms with Gasteiger partial charge >= 0.3 is 0 Å². The maximum absolute atomic E-state index is 5.96. The van der Waals surface area contributed by atoms with Gasteiger partial charge in [0, 0.05) is 13.2 Å². The largest absolute Gasteiger partial charge is 0.379 e. The van der Waals surface area contributed by atoms with E-state index >= 15 is 0 Å². The van der Waals surface area contributed by atoms with E-state index in [1.54, 1.807) is 0 Å². The first-order valence-electron chi connectivity index (χ1n) is 6.32. The number of hydrogen-bond donors (Lipinski definition) is 1. The summed E-state index contributed by atoms with van der Waals surface area (Å²) in [7, 11) is 0. The second-order valence-electron chi connectivity index (χ2n) is 4.52. The van der Waals surface area contributed by atoms with Gasteiger partial charge < -0.3 is 10.5 Å². The lowest BCUT2D eigenvalue weighted by Crippen LogP contribution is -2.58. The van der Waals surface area contributed by atoms with Crippen LogP contribution < -0.4 is 5.73 Å². The Bertz CT molecular complexity index is 167. The van der Waals surface area contributed by atoms with Crippen LogP contribution in [0.2, 0.25) is 0 Å². The first kappa shape index (κ1) is 12.9. The van der Waals surface area contributed by atoms with E-state index in [4.69, 9.17) is 10.5 Å². The predicted molar refractivity (Wildman–Crippen MR) is 64.0 cm³/mol. The summed E-state index contributed by atoms with van der Waals surface area (Å²) >= 11 is 0. The third-order valence-electron chi connectivity index (χ3n) is 3.52. The van der Waals surface area contributed by atoms with Crippen molar-refractivity contribution in [3.63, 3.8) is 0 Å². The van der Waals surface area contributed by atoms with Crippen LogP contribution in [0.1, 0.15) is 39.5 Å². The second-order valence-corrected chi connectivity index (χ2v) is 4.52. The molecule has 90 valence electrons. The second kappa shape index (κ2) is 6.46. The monoisotopic (exact) mass is 214 g/mol. The maximum Gasteiger partial charge on any atom is 0.0662 e. The number of nitrogens with two attached hydrogens (primary N) is 1. The van der Waals surface area contributed by atoms with Gasteiger partial charge in [0.2, 0.25) is 0 Å². The Balaban J connectivity index is 2.58. The van der Waals surface area contributed by atoms with E-state index in [9.17, 15) is 0 Å². The van der Waals surface area contributed by atoms with Gasteiger partial charge in [0.05, 0.1) is 12.1 Å². The van der Waals surface area contributed by atoms with Crippen molar-refractivity contribution in [1.82, 2.24) is 4.90 Å². The number of likely N-dealkylation sites (N-methyl/N-ethyl adjacent to an activating group) is 1. The molecule has 0 radical (unpaired) electrons. The normalized spacial score (nSPS) is 27.2. The van der Waals surface area contributed by atoms with Crippen molar-refractivity contribution in [2.45, 2.75) is 45.1 Å². The van der Waals surface area contributed by atoms with Gasteiger partial charge in [-0.2, -0.15) is 0 Å². The molecule has 1 heterocycles. The molecular weight excluding hydrogens is 188 g/mol. The summed E-state index contributed by atoms with van der Waals surface area (Å²) in [5, 5.41) is 0. The van der Waals surface area contributed by atoms with Crippen LogP contribution in [0.25, 0.3) is 0 Å². The molecule has 0 bridgehead atoms. The lowest BCUT2D eigenvalue weighted by atomic mass is 9.90. The number of rotatable bonds is 6. The SMILES string of the molecule is CCCCN(CC)C1(CN)CCCOC1. The van der Waals surface area contributed by atoms with Crippen molar-refractivity contribution in [2.75, 3.05) is 32.8 Å². The zero-order valence-corrected chi connectivity index (χ0v) is 10.3. The number of nitrogens with zero attached hydrogens (tertiary/aromatic N) is 1. The van der Waals surface area contributed by atoms with Crippen LogP contribution in [-0.4, -0.2) is 43.3 Å². The fourth-order valence-corrected chi connectivity index (χ4v) is 2.46. The van der Waals surface area contributed by atoms with Gasteiger partial charge in [0.25, 0.3) is 0 Å². The van der Waals surface area contributed by atoms with Crippen LogP contribution in [-0.2, 0) is 4.74 Å². The Hall–Kier alpha value is -0.120. The molecule has 1 atom stereocenters. The summed E-state index contributed by atoms with van der Waals surface area (Å²) in [5.41, 5.74) is 6.09. The smallest absolute Gasteiger partial charge is 0.0662 e. The molecule has 0 aromatic heterocycles. The molecule has 2 N–H and O–H groups in total. The van der Waals surface area contributed by atoms with Crippen molar-refractivity contribution >= 4 is 0 Å². The van der Waals surface area contributed by atoms with Crippen LogP contribution >= 0.6 is 0 Å². The fourth-order valence-electron chi connectivity index (χ4n) is 2.46. The predicted octanol–water partition coefficient (Wildman–Crippen LogP) is 1.62. The third kappa shape index (κ3) is 3.16. The Kier molecular flexibility index (Phi) is 5.58. The summed E-state index contributed by atoms with van der Waals surface area (Å²) in [4.78, 5) is 2.52. The Labute approximate surface area is 94.0 Å². The van der Waals surface area contributed by atoms with Crippen LogP contribution in [0.5, 0.6) is 0 Å². The van der Waals surface area contributed by atoms with Crippen molar-refractivity contribution in [3.8, 4) is 0 Å². The summed E-state index contributed by atoms with van der Waals surface area (Å²) in [6, 6.07) is 0. The zero-order valence-electron chi connectivity index (χ0n) is 10.3. The van der Waals surface area contributed by atoms with Gasteiger partial charge in [0.1, 0.15) is 0 Å². The maximum atomic E-state index is 5.96. The van der Waals surface area contributed by atoms with Crippen LogP contribution in [0, 0.1) is 0 Å². The van der Waals surface area contributed by atoms with Crippen LogP contribution in [0.3, 0.4) is 0 Å². The molecule has 0 aliphatic carbocycles. The fraction of sp³-hybridized carbons (Fsp3) is 1.00. The molecule has 0 aromatic rings. The van der Waals surface area contributed by atoms with Gasteiger partial charge in [-0.05, 0) is 32.4 Å². The molecule has 3 nitrogen and oxygen atoms in total. The van der Waals surface area contributed by atoms with E-state index in [1.165, 1.54) is 19.3 Å². The number of hydrogen-bond acceptors (Lipinski definition) is 3. The molecule has 1 fully saturated rings. The highest BCUT2D eigenvalue weighted by atomic mass is 16.5. The van der Waals surface area contributed by atoms with Gasteiger partial charge in [-0.1, -0.05) is 20.3 Å². The van der Waals surface area contributed by atoms with Crippen molar-refractivity contribution < 1.29 is 4.74 Å². The minimum atomic E-state index is 0.127. The standard InChI is InChI=1S/C12H26N2O/c1-3-5-8-14(4-2)12(10-13)7-6-9-15-11-12/h3-11,13H2,1-2H3. The topological polar surface area (TPSA) is 38.5 Å². The Morgan fingerprint density at radius 3 is 2.67 bits per heavy atom. The molecule has 0 amide bonds. The molecule has 1 rings (SSSR count). The van der Waals surface area contributed by atoms with E-state index in [1.807, 2.05) is 0 Å². The third-order valence-corrected chi connectivity index (χ3v) is 3.52. The lowest BCUT2D eigenvalue weighted by molar-refractivity contribution is -0.0434. The van der Waals surface area contributed by atoms with Crippen LogP contribution in [0.15, 0.2) is 0 Å². The molecule has 1 saturated heterocycles. The molecule has 15 heavy (non-hydrogen) atoms. The average molecular weight is 214 g/mol. The first-order valence-corrected chi connectivity index (χ1v) is 6.32. The summed E-state index contributed by atoms with van der Waals surface area (Å²) in [5.74, 6) is 0. The first-order chi connectivity index (χ1) is 7.29. The highest BCUT2D eigenvalue weighted by molar-refractivity contribution is 4.93. The molecule has 3 heteroatoms. The van der Waals surface area contributed by atoms with Gasteiger partial charge in [-0.25, -0.2) is 0 Å². The van der Waals surface area contributed by atoms with E-state index in [2.05, 4.69) is 18.7 Å². The molecule has 1 aliphatic heterocycles. The molecule has 1 aliphatic rings.